The van der Waals surface area contributed by atoms with E-state index < -0.39 is 15.9 Å². The van der Waals surface area contributed by atoms with Crippen LogP contribution in [0.2, 0.25) is 0 Å². The van der Waals surface area contributed by atoms with Crippen molar-refractivity contribution >= 4 is 32.6 Å². The van der Waals surface area contributed by atoms with Crippen LogP contribution in [0.3, 0.4) is 0 Å². The van der Waals surface area contributed by atoms with Crippen LogP contribution in [0.4, 0.5) is 0 Å². The van der Waals surface area contributed by atoms with Gasteiger partial charge in [0.15, 0.2) is 0 Å². The molecule has 0 bridgehead atoms. The van der Waals surface area contributed by atoms with E-state index in [0.717, 1.165) is 20.6 Å². The first-order valence-corrected chi connectivity index (χ1v) is 11.2. The summed E-state index contributed by atoms with van der Waals surface area (Å²) in [6.45, 7) is -0.145. The number of hydrogen-bond donors (Lipinski definition) is 2. The minimum atomic E-state index is -3.62. The SMILES string of the molecule is CN(C)S(=O)(=O)c1ccccc1CNC(=O)CNC(=O)Cc1cccc2ccccc12. The van der Waals surface area contributed by atoms with Crippen LogP contribution in [0.1, 0.15) is 11.1 Å². The van der Waals surface area contributed by atoms with Gasteiger partial charge in [0.25, 0.3) is 0 Å². The van der Waals surface area contributed by atoms with E-state index in [1.807, 2.05) is 42.5 Å². The first-order valence-electron chi connectivity index (χ1n) is 9.79. The van der Waals surface area contributed by atoms with Gasteiger partial charge in [-0.3, -0.25) is 9.59 Å². The zero-order chi connectivity index (χ0) is 22.4. The van der Waals surface area contributed by atoms with Gasteiger partial charge in [-0.2, -0.15) is 0 Å². The lowest BCUT2D eigenvalue weighted by Gasteiger charge is -2.15. The van der Waals surface area contributed by atoms with Gasteiger partial charge in [-0.05, 0) is 28.0 Å². The molecule has 0 aliphatic heterocycles. The van der Waals surface area contributed by atoms with E-state index in [4.69, 9.17) is 0 Å². The molecule has 0 unspecified atom stereocenters. The number of carbonyl (C=O) groups excluding carboxylic acids is 2. The van der Waals surface area contributed by atoms with Gasteiger partial charge in [-0.1, -0.05) is 60.7 Å². The molecular weight excluding hydrogens is 414 g/mol. The largest absolute Gasteiger partial charge is 0.350 e. The van der Waals surface area contributed by atoms with E-state index in [-0.39, 0.29) is 30.3 Å². The number of amides is 2. The second-order valence-corrected chi connectivity index (χ2v) is 9.38. The van der Waals surface area contributed by atoms with Crippen molar-refractivity contribution in [3.05, 3.63) is 77.9 Å². The molecule has 0 heterocycles. The molecule has 0 aliphatic carbocycles. The van der Waals surface area contributed by atoms with Crippen LogP contribution in [-0.4, -0.2) is 45.2 Å². The number of rotatable bonds is 8. The number of sulfonamides is 1. The summed E-state index contributed by atoms with van der Waals surface area (Å²) in [6, 6.07) is 20.1. The van der Waals surface area contributed by atoms with Crippen molar-refractivity contribution in [3.63, 3.8) is 0 Å². The Morgan fingerprint density at radius 2 is 1.45 bits per heavy atom. The molecule has 31 heavy (non-hydrogen) atoms. The Labute approximate surface area is 182 Å². The molecule has 0 saturated heterocycles. The number of nitrogens with one attached hydrogen (secondary N) is 2. The van der Waals surface area contributed by atoms with Crippen LogP contribution in [0.15, 0.2) is 71.6 Å². The molecule has 0 spiro atoms. The van der Waals surface area contributed by atoms with Gasteiger partial charge in [0.05, 0.1) is 17.9 Å². The van der Waals surface area contributed by atoms with Crippen molar-refractivity contribution in [1.82, 2.24) is 14.9 Å². The Kier molecular flexibility index (Phi) is 7.04. The topological polar surface area (TPSA) is 95.6 Å². The molecule has 0 saturated carbocycles. The Bertz CT molecular complexity index is 1200. The van der Waals surface area contributed by atoms with Crippen molar-refractivity contribution in [2.75, 3.05) is 20.6 Å². The number of fused-ring (bicyclic) bond motifs is 1. The van der Waals surface area contributed by atoms with Crippen molar-refractivity contribution in [1.29, 1.82) is 0 Å². The lowest BCUT2D eigenvalue weighted by atomic mass is 10.0. The number of benzene rings is 3. The number of carbonyl (C=O) groups is 2. The Morgan fingerprint density at radius 3 is 2.23 bits per heavy atom. The van der Waals surface area contributed by atoms with Crippen LogP contribution >= 0.6 is 0 Å². The highest BCUT2D eigenvalue weighted by atomic mass is 32.2. The van der Waals surface area contributed by atoms with Gasteiger partial charge in [0, 0.05) is 20.6 Å². The maximum Gasteiger partial charge on any atom is 0.242 e. The first kappa shape index (κ1) is 22.5. The van der Waals surface area contributed by atoms with E-state index in [9.17, 15) is 18.0 Å². The smallest absolute Gasteiger partial charge is 0.242 e. The first-order chi connectivity index (χ1) is 14.8. The third kappa shape index (κ3) is 5.48. The fourth-order valence-electron chi connectivity index (χ4n) is 3.22. The van der Waals surface area contributed by atoms with Gasteiger partial charge < -0.3 is 10.6 Å². The molecular formula is C23H25N3O4S. The highest BCUT2D eigenvalue weighted by Gasteiger charge is 2.20. The number of hydrogen-bond acceptors (Lipinski definition) is 4. The monoisotopic (exact) mass is 439 g/mol. The van der Waals surface area contributed by atoms with Gasteiger partial charge in [-0.15, -0.1) is 0 Å². The third-order valence-electron chi connectivity index (χ3n) is 4.88. The van der Waals surface area contributed by atoms with E-state index in [2.05, 4.69) is 10.6 Å². The van der Waals surface area contributed by atoms with Crippen molar-refractivity contribution in [2.24, 2.45) is 0 Å². The molecule has 7 nitrogen and oxygen atoms in total. The molecule has 3 aromatic rings. The number of nitrogens with zero attached hydrogens (tertiary/aromatic N) is 1. The van der Waals surface area contributed by atoms with Gasteiger partial charge in [-0.25, -0.2) is 12.7 Å². The van der Waals surface area contributed by atoms with E-state index in [1.54, 1.807) is 18.2 Å². The fourth-order valence-corrected chi connectivity index (χ4v) is 4.33. The Hall–Kier alpha value is -3.23. The van der Waals surface area contributed by atoms with Gasteiger partial charge >= 0.3 is 0 Å². The second-order valence-electron chi connectivity index (χ2n) is 7.26. The maximum atomic E-state index is 12.4. The molecule has 0 atom stereocenters. The molecule has 2 amide bonds. The molecule has 162 valence electrons. The van der Waals surface area contributed by atoms with Crippen LogP contribution in [-0.2, 0) is 32.6 Å². The summed E-state index contributed by atoms with van der Waals surface area (Å²) in [5.41, 5.74) is 1.37. The summed E-state index contributed by atoms with van der Waals surface area (Å²) >= 11 is 0. The van der Waals surface area contributed by atoms with Crippen LogP contribution in [0.5, 0.6) is 0 Å². The highest BCUT2D eigenvalue weighted by Crippen LogP contribution is 2.19. The average Bonchev–Trinajstić information content (AvgIpc) is 2.76. The Balaban J connectivity index is 1.56. The molecule has 0 radical (unpaired) electrons. The predicted octanol–water partition coefficient (Wildman–Crippen LogP) is 2.07. The Morgan fingerprint density at radius 1 is 0.806 bits per heavy atom. The van der Waals surface area contributed by atoms with Gasteiger partial charge in [0.2, 0.25) is 21.8 Å². The van der Waals surface area contributed by atoms with Gasteiger partial charge in [0.1, 0.15) is 0 Å². The summed E-state index contributed by atoms with van der Waals surface area (Å²) in [6.07, 6.45) is 0.165. The standard InChI is InChI=1S/C23H25N3O4S/c1-26(2)31(29,30)21-13-6-4-9-19(21)15-24-23(28)16-25-22(27)14-18-11-7-10-17-8-3-5-12-20(17)18/h3-13H,14-16H2,1-2H3,(H,24,28)(H,25,27). The van der Waals surface area contributed by atoms with E-state index >= 15 is 0 Å². The zero-order valence-corrected chi connectivity index (χ0v) is 18.3. The second kappa shape index (κ2) is 9.72. The minimum absolute atomic E-state index is 0.0429. The maximum absolute atomic E-state index is 12.4. The van der Waals surface area contributed by atoms with E-state index in [1.165, 1.54) is 20.2 Å². The normalized spacial score (nSPS) is 11.5. The molecule has 8 heteroatoms. The lowest BCUT2D eigenvalue weighted by Crippen LogP contribution is -2.37. The van der Waals surface area contributed by atoms with Crippen LogP contribution in [0, 0.1) is 0 Å². The van der Waals surface area contributed by atoms with Crippen molar-refractivity contribution in [3.8, 4) is 0 Å². The average molecular weight is 440 g/mol. The lowest BCUT2D eigenvalue weighted by molar-refractivity contribution is -0.125. The molecule has 3 aromatic carbocycles. The summed E-state index contributed by atoms with van der Waals surface area (Å²) in [5, 5.41) is 7.34. The van der Waals surface area contributed by atoms with Crippen LogP contribution in [0.25, 0.3) is 10.8 Å². The molecule has 2 N–H and O–H groups in total. The molecule has 0 aromatic heterocycles. The van der Waals surface area contributed by atoms with E-state index in [0.29, 0.717) is 5.56 Å². The predicted molar refractivity (Wildman–Crippen MR) is 120 cm³/mol. The van der Waals surface area contributed by atoms with Crippen LogP contribution < -0.4 is 10.6 Å². The summed E-state index contributed by atoms with van der Waals surface area (Å²) in [5.74, 6) is -0.662. The quantitative estimate of drug-likeness (QED) is 0.562. The van der Waals surface area contributed by atoms with Crippen molar-refractivity contribution < 1.29 is 18.0 Å². The molecule has 3 rings (SSSR count). The minimum Gasteiger partial charge on any atom is -0.350 e. The third-order valence-corrected chi connectivity index (χ3v) is 6.80. The summed E-state index contributed by atoms with van der Waals surface area (Å²) in [4.78, 5) is 24.7. The fraction of sp³-hybridized carbons (Fsp3) is 0.217. The summed E-state index contributed by atoms with van der Waals surface area (Å²) in [7, 11) is -0.712. The highest BCUT2D eigenvalue weighted by molar-refractivity contribution is 7.89. The van der Waals surface area contributed by atoms with Crippen molar-refractivity contribution in [2.45, 2.75) is 17.9 Å². The summed E-state index contributed by atoms with van der Waals surface area (Å²) < 4.78 is 26.0. The molecule has 0 fully saturated rings. The zero-order valence-electron chi connectivity index (χ0n) is 17.5. The molecule has 0 aliphatic rings.